The lowest BCUT2D eigenvalue weighted by Gasteiger charge is -2.21. The van der Waals surface area contributed by atoms with Crippen LogP contribution in [0.5, 0.6) is 11.8 Å². The SMILES string of the molecule is CCCN(CCC)c1nc(/C=N/Nc2ccc(O)cc2)nc(OCCc2ccccn2)n1. The molecule has 0 amide bonds. The summed E-state index contributed by atoms with van der Waals surface area (Å²) in [5, 5.41) is 13.6. The summed E-state index contributed by atoms with van der Waals surface area (Å²) >= 11 is 0. The zero-order chi connectivity index (χ0) is 22.6. The largest absolute Gasteiger partial charge is 0.508 e. The van der Waals surface area contributed by atoms with Gasteiger partial charge in [0.2, 0.25) is 5.95 Å². The molecule has 168 valence electrons. The number of phenols is 1. The fourth-order valence-electron chi connectivity index (χ4n) is 2.97. The Bertz CT molecular complexity index is 975. The molecule has 3 rings (SSSR count). The number of nitrogens with zero attached hydrogens (tertiary/aromatic N) is 6. The van der Waals surface area contributed by atoms with E-state index < -0.39 is 0 Å². The van der Waals surface area contributed by atoms with Crippen LogP contribution in [0, 0.1) is 0 Å². The molecule has 32 heavy (non-hydrogen) atoms. The minimum atomic E-state index is 0.195. The standard InChI is InChI=1S/C23H29N7O2/c1-3-14-30(15-4-2)22-26-21(17-25-29-19-8-10-20(31)11-9-19)27-23(28-22)32-16-12-18-7-5-6-13-24-18/h5-11,13,17,29,31H,3-4,12,14-16H2,1-2H3/b25-17+. The van der Waals surface area contributed by atoms with E-state index >= 15 is 0 Å². The Morgan fingerprint density at radius 2 is 1.81 bits per heavy atom. The van der Waals surface area contributed by atoms with E-state index in [0.717, 1.165) is 37.3 Å². The number of anilines is 2. The predicted molar refractivity (Wildman–Crippen MR) is 125 cm³/mol. The van der Waals surface area contributed by atoms with Crippen molar-refractivity contribution in [2.75, 3.05) is 30.0 Å². The second-order valence-electron chi connectivity index (χ2n) is 7.10. The minimum absolute atomic E-state index is 0.195. The first-order chi connectivity index (χ1) is 15.7. The van der Waals surface area contributed by atoms with Gasteiger partial charge in [0.05, 0.1) is 18.5 Å². The Kier molecular flexibility index (Phi) is 8.73. The van der Waals surface area contributed by atoms with Crippen molar-refractivity contribution < 1.29 is 9.84 Å². The van der Waals surface area contributed by atoms with Gasteiger partial charge in [0.15, 0.2) is 5.82 Å². The number of hydrogen-bond acceptors (Lipinski definition) is 9. The van der Waals surface area contributed by atoms with Crippen molar-refractivity contribution in [1.82, 2.24) is 19.9 Å². The lowest BCUT2D eigenvalue weighted by atomic mass is 10.3. The molecule has 0 saturated carbocycles. The van der Waals surface area contributed by atoms with Crippen molar-refractivity contribution in [1.29, 1.82) is 0 Å². The summed E-state index contributed by atoms with van der Waals surface area (Å²) in [4.78, 5) is 19.9. The van der Waals surface area contributed by atoms with E-state index in [-0.39, 0.29) is 11.8 Å². The number of hydrogen-bond donors (Lipinski definition) is 2. The van der Waals surface area contributed by atoms with Crippen LogP contribution in [0.1, 0.15) is 38.2 Å². The molecule has 0 aliphatic carbocycles. The molecule has 3 aromatic rings. The highest BCUT2D eigenvalue weighted by Gasteiger charge is 2.13. The summed E-state index contributed by atoms with van der Waals surface area (Å²) in [6, 6.07) is 12.7. The average molecular weight is 436 g/mol. The number of pyridine rings is 1. The average Bonchev–Trinajstić information content (AvgIpc) is 2.81. The van der Waals surface area contributed by atoms with Crippen LogP contribution >= 0.6 is 0 Å². The highest BCUT2D eigenvalue weighted by molar-refractivity contribution is 5.75. The molecule has 1 aromatic carbocycles. The summed E-state index contributed by atoms with van der Waals surface area (Å²) < 4.78 is 5.84. The van der Waals surface area contributed by atoms with Crippen LogP contribution in [0.15, 0.2) is 53.8 Å². The maximum absolute atomic E-state index is 9.39. The van der Waals surface area contributed by atoms with Crippen LogP contribution < -0.4 is 15.1 Å². The molecule has 0 spiro atoms. The highest BCUT2D eigenvalue weighted by Crippen LogP contribution is 2.15. The lowest BCUT2D eigenvalue weighted by Crippen LogP contribution is -2.27. The molecule has 0 atom stereocenters. The maximum atomic E-state index is 9.39. The first-order valence-electron chi connectivity index (χ1n) is 10.8. The normalized spacial score (nSPS) is 10.9. The zero-order valence-electron chi connectivity index (χ0n) is 18.5. The second-order valence-corrected chi connectivity index (χ2v) is 7.10. The van der Waals surface area contributed by atoms with Crippen molar-refractivity contribution >= 4 is 17.9 Å². The Hall–Kier alpha value is -3.75. The van der Waals surface area contributed by atoms with Gasteiger partial charge in [-0.15, -0.1) is 0 Å². The van der Waals surface area contributed by atoms with Gasteiger partial charge in [-0.05, 0) is 49.2 Å². The number of ether oxygens (including phenoxy) is 1. The molecular formula is C23H29N7O2. The van der Waals surface area contributed by atoms with Gasteiger partial charge in [0.1, 0.15) is 5.75 Å². The van der Waals surface area contributed by atoms with Gasteiger partial charge < -0.3 is 14.7 Å². The number of aromatic nitrogens is 4. The summed E-state index contributed by atoms with van der Waals surface area (Å²) in [5.74, 6) is 1.16. The van der Waals surface area contributed by atoms with E-state index in [1.54, 1.807) is 30.5 Å². The Balaban J connectivity index is 1.75. The summed E-state index contributed by atoms with van der Waals surface area (Å²) in [6.07, 6.45) is 5.90. The van der Waals surface area contributed by atoms with E-state index in [1.165, 1.54) is 6.21 Å². The molecule has 2 N–H and O–H groups in total. The fraction of sp³-hybridized carbons (Fsp3) is 0.348. The number of nitrogens with one attached hydrogen (secondary N) is 1. The Morgan fingerprint density at radius 1 is 1.03 bits per heavy atom. The van der Waals surface area contributed by atoms with Gasteiger partial charge in [-0.2, -0.15) is 20.1 Å². The molecule has 0 aliphatic rings. The summed E-state index contributed by atoms with van der Waals surface area (Å²) in [5.41, 5.74) is 4.58. The highest BCUT2D eigenvalue weighted by atomic mass is 16.5. The molecule has 2 heterocycles. The number of hydrazone groups is 1. The van der Waals surface area contributed by atoms with Crippen molar-refractivity contribution in [2.24, 2.45) is 5.10 Å². The van der Waals surface area contributed by atoms with E-state index in [2.05, 4.69) is 49.2 Å². The molecule has 0 unspecified atom stereocenters. The smallest absolute Gasteiger partial charge is 0.321 e. The van der Waals surface area contributed by atoms with E-state index in [1.807, 2.05) is 18.2 Å². The summed E-state index contributed by atoms with van der Waals surface area (Å²) in [6.45, 7) is 6.33. The van der Waals surface area contributed by atoms with Gasteiger partial charge in [-0.1, -0.05) is 19.9 Å². The van der Waals surface area contributed by atoms with Gasteiger partial charge in [0.25, 0.3) is 0 Å². The quantitative estimate of drug-likeness (QED) is 0.252. The summed E-state index contributed by atoms with van der Waals surface area (Å²) in [7, 11) is 0. The third kappa shape index (κ3) is 7.19. The second kappa shape index (κ2) is 12.2. The van der Waals surface area contributed by atoms with E-state index in [9.17, 15) is 5.11 Å². The number of rotatable bonds is 12. The number of phenolic OH excluding ortho intramolecular Hbond substituents is 1. The monoisotopic (exact) mass is 435 g/mol. The maximum Gasteiger partial charge on any atom is 0.321 e. The molecule has 0 saturated heterocycles. The first-order valence-corrected chi connectivity index (χ1v) is 10.8. The van der Waals surface area contributed by atoms with Crippen molar-refractivity contribution in [3.05, 3.63) is 60.2 Å². The van der Waals surface area contributed by atoms with Crippen LogP contribution in [-0.2, 0) is 6.42 Å². The lowest BCUT2D eigenvalue weighted by molar-refractivity contribution is 0.293. The van der Waals surface area contributed by atoms with E-state index in [4.69, 9.17) is 4.74 Å². The van der Waals surface area contributed by atoms with Gasteiger partial charge in [-0.25, -0.2) is 0 Å². The minimum Gasteiger partial charge on any atom is -0.508 e. The molecular weight excluding hydrogens is 406 g/mol. The molecule has 2 aromatic heterocycles. The third-order valence-electron chi connectivity index (χ3n) is 4.45. The van der Waals surface area contributed by atoms with Crippen molar-refractivity contribution in [3.8, 4) is 11.8 Å². The topological polar surface area (TPSA) is 109 Å². The number of aromatic hydroxyl groups is 1. The Morgan fingerprint density at radius 3 is 2.50 bits per heavy atom. The molecule has 0 radical (unpaired) electrons. The van der Waals surface area contributed by atoms with Gasteiger partial charge >= 0.3 is 6.01 Å². The molecule has 0 aliphatic heterocycles. The first kappa shape index (κ1) is 22.9. The van der Waals surface area contributed by atoms with Gasteiger partial charge in [0, 0.05) is 31.4 Å². The van der Waals surface area contributed by atoms with Crippen LogP contribution in [0.3, 0.4) is 0 Å². The number of benzene rings is 1. The van der Waals surface area contributed by atoms with E-state index in [0.29, 0.717) is 24.8 Å². The van der Waals surface area contributed by atoms with Crippen molar-refractivity contribution in [2.45, 2.75) is 33.1 Å². The molecule has 9 nitrogen and oxygen atoms in total. The fourth-order valence-corrected chi connectivity index (χ4v) is 2.97. The van der Waals surface area contributed by atoms with Crippen LogP contribution in [0.2, 0.25) is 0 Å². The molecule has 0 fully saturated rings. The molecule has 9 heteroatoms. The molecule has 0 bridgehead atoms. The van der Waals surface area contributed by atoms with Crippen LogP contribution in [0.4, 0.5) is 11.6 Å². The predicted octanol–water partition coefficient (Wildman–Crippen LogP) is 3.67. The van der Waals surface area contributed by atoms with Crippen molar-refractivity contribution in [3.63, 3.8) is 0 Å². The van der Waals surface area contributed by atoms with Gasteiger partial charge in [-0.3, -0.25) is 10.4 Å². The Labute approximate surface area is 188 Å². The zero-order valence-corrected chi connectivity index (χ0v) is 18.5. The van der Waals surface area contributed by atoms with Crippen LogP contribution in [0.25, 0.3) is 0 Å². The third-order valence-corrected chi connectivity index (χ3v) is 4.45. The van der Waals surface area contributed by atoms with Crippen LogP contribution in [-0.4, -0.2) is 51.0 Å².